The maximum absolute atomic E-state index is 11.9. The van der Waals surface area contributed by atoms with E-state index in [1.807, 2.05) is 122 Å². The first-order valence-corrected chi connectivity index (χ1v) is 36.2. The molecule has 556 valence electrons. The first-order chi connectivity index (χ1) is 51.1. The van der Waals surface area contributed by atoms with Crippen molar-refractivity contribution in [3.8, 4) is 5.75 Å². The summed E-state index contributed by atoms with van der Waals surface area (Å²) in [5.41, 5.74) is 22.0. The average Bonchev–Trinajstić information content (AvgIpc) is 0.832. The van der Waals surface area contributed by atoms with Crippen molar-refractivity contribution in [2.45, 2.75) is 85.1 Å². The van der Waals surface area contributed by atoms with E-state index in [0.29, 0.717) is 43.1 Å². The van der Waals surface area contributed by atoms with E-state index >= 15 is 0 Å². The van der Waals surface area contributed by atoms with Crippen LogP contribution in [0, 0.1) is 27.7 Å². The van der Waals surface area contributed by atoms with Gasteiger partial charge >= 0.3 is 11.9 Å². The number of pyridine rings is 2. The maximum Gasteiger partial charge on any atom is 0.335 e. The number of rotatable bonds is 22. The number of nitrogen functional groups attached to an aromatic ring is 1. The number of sulfonamides is 1. The molecule has 0 aliphatic carbocycles. The number of carbonyl (C=O) groups excluding carboxylic acids is 2. The molecular formula is C85H94N10O10S2. The van der Waals surface area contributed by atoms with Crippen LogP contribution in [0.2, 0.25) is 0 Å². The lowest BCUT2D eigenvalue weighted by Crippen LogP contribution is -2.23. The number of nitrogens with zero attached hydrogens (tertiary/aromatic N) is 3. The second-order valence-electron chi connectivity index (χ2n) is 24.0. The molecule has 2 heterocycles. The van der Waals surface area contributed by atoms with Gasteiger partial charge in [-0.15, -0.1) is 0 Å². The number of carboxylic acid groups (broad SMARTS) is 2. The van der Waals surface area contributed by atoms with Crippen molar-refractivity contribution in [1.82, 2.24) is 26.8 Å². The highest BCUT2D eigenvalue weighted by atomic mass is 32.2. The zero-order valence-corrected chi connectivity index (χ0v) is 62.4. The van der Waals surface area contributed by atoms with Crippen LogP contribution in [0.3, 0.4) is 0 Å². The number of ether oxygens (including phenoxy) is 1. The molecule has 20 nitrogen and oxygen atoms in total. The summed E-state index contributed by atoms with van der Waals surface area (Å²) in [5, 5.41) is 43.7. The van der Waals surface area contributed by atoms with E-state index in [-0.39, 0.29) is 34.7 Å². The minimum Gasteiger partial charge on any atom is -0.489 e. The van der Waals surface area contributed by atoms with Gasteiger partial charge in [0.25, 0.3) is 0 Å². The molecule has 0 atom stereocenters. The van der Waals surface area contributed by atoms with Crippen LogP contribution in [-0.2, 0) is 54.0 Å². The predicted molar refractivity (Wildman–Crippen MR) is 434 cm³/mol. The van der Waals surface area contributed by atoms with Gasteiger partial charge in [0.2, 0.25) is 15.9 Å². The second kappa shape index (κ2) is 46.9. The molecule has 2 aromatic heterocycles. The van der Waals surface area contributed by atoms with Gasteiger partial charge in [-0.3, -0.25) is 20.9 Å². The van der Waals surface area contributed by atoms with E-state index in [4.69, 9.17) is 31.0 Å². The van der Waals surface area contributed by atoms with E-state index in [1.165, 1.54) is 69.8 Å². The molecule has 0 radical (unpaired) electrons. The SMILES string of the molecule is CCc1ccc(C)cc1.Cc1ccc(CNC(=O)CCc2ccc(S(N)(=O)=O)cc2)cc1.Cc1ccc(CNCCS)cc1.Cc1ccc(COc2ccc(CO)cc2)cc1.N.NNc1ccc(C(=O)O)cc1.O=C(O)c1ccc(N/N=C/c2ccc3ccccc3n2)cc1.O=Cc1ccc2ccccc2n1. The summed E-state index contributed by atoms with van der Waals surface area (Å²) in [5.74, 6) is 4.87. The number of aryl methyl sites for hydroxylation is 6. The Morgan fingerprint density at radius 1 is 0.533 bits per heavy atom. The quantitative estimate of drug-likeness (QED) is 0.00750. The normalized spacial score (nSPS) is 10.3. The summed E-state index contributed by atoms with van der Waals surface area (Å²) >= 11 is 4.12. The molecule has 22 heteroatoms. The minimum absolute atomic E-state index is 0. The van der Waals surface area contributed by atoms with Gasteiger partial charge in [0.1, 0.15) is 18.1 Å². The number of carbonyl (C=O) groups is 4. The van der Waals surface area contributed by atoms with Crippen LogP contribution in [0.1, 0.15) is 106 Å². The Bertz CT molecular complexity index is 4790. The predicted octanol–water partition coefficient (Wildman–Crippen LogP) is 15.8. The number of benzene rings is 10. The summed E-state index contributed by atoms with van der Waals surface area (Å²) in [7, 11) is -3.67. The van der Waals surface area contributed by atoms with Crippen molar-refractivity contribution < 1.29 is 47.7 Å². The highest BCUT2D eigenvalue weighted by molar-refractivity contribution is 7.89. The zero-order chi connectivity index (χ0) is 76.5. The number of carboxylic acids is 2. The number of para-hydroxylation sites is 2. The molecule has 0 aliphatic heterocycles. The summed E-state index contributed by atoms with van der Waals surface area (Å²) in [6, 6.07) is 82.9. The van der Waals surface area contributed by atoms with Gasteiger partial charge in [-0.1, -0.05) is 199 Å². The Labute approximate surface area is 632 Å². The van der Waals surface area contributed by atoms with Gasteiger partial charge in [0, 0.05) is 48.3 Å². The Balaban J connectivity index is 0.000000229. The number of anilines is 2. The van der Waals surface area contributed by atoms with E-state index in [2.05, 4.69) is 150 Å². The highest BCUT2D eigenvalue weighted by Crippen LogP contribution is 2.18. The Kier molecular flexibility index (Phi) is 37.6. The van der Waals surface area contributed by atoms with E-state index in [0.717, 1.165) is 87.1 Å². The number of hydrogen-bond acceptors (Lipinski definition) is 17. The lowest BCUT2D eigenvalue weighted by Gasteiger charge is -2.07. The molecule has 12 rings (SSSR count). The third-order valence-corrected chi connectivity index (χ3v) is 16.7. The number of thiol groups is 1. The standard InChI is InChI=1S/C17H13N3O2.C17H20N2O3S.C15H16O2.C10H7NO.C10H15NS.C9H12.C7H8N2O2.H3N/c21-17(22)13-6-8-14(9-7-13)20-18-11-15-10-5-12-3-1-2-4-16(12)19-15;1-13-2-4-15(5-3-13)12-19-17(20)11-8-14-6-9-16(10-7-14)23(18,21)22;1-12-2-4-14(5-3-12)11-17-15-8-6-13(10-16)7-9-15;12-7-9-6-5-8-3-1-2-4-10(8)11-9;1-9-2-4-10(5-3-9)8-11-6-7-12;1-3-9-6-4-8(2)5-7-9;8-9-6-3-1-5(2-4-6)7(10)11;/h1-11,20H,(H,21,22);2-7,9-10H,8,11-12H2,1H3,(H,19,20)(H2,18,21,22);2-9,16H,10-11H2,1H3;1-7H;2-5,11-12H,6-8H2,1H3;4-7H,3H2,1-2H3;1-4,9H,8H2,(H,10,11);1H3/b18-11+;;;;;;;. The smallest absolute Gasteiger partial charge is 0.335 e. The summed E-state index contributed by atoms with van der Waals surface area (Å²) < 4.78 is 28.0. The number of aliphatic hydroxyl groups is 1. The van der Waals surface area contributed by atoms with Gasteiger partial charge in [-0.25, -0.2) is 33.1 Å². The number of primary sulfonamides is 1. The number of aromatic carboxylic acids is 2. The largest absolute Gasteiger partial charge is 0.489 e. The fourth-order valence-electron chi connectivity index (χ4n) is 9.35. The van der Waals surface area contributed by atoms with Gasteiger partial charge in [-0.05, 0) is 171 Å². The molecule has 10 aromatic carbocycles. The fourth-order valence-corrected chi connectivity index (χ4v) is 10.0. The number of hydrazine groups is 1. The molecule has 0 saturated heterocycles. The number of aliphatic hydroxyl groups excluding tert-OH is 1. The van der Waals surface area contributed by atoms with Crippen molar-refractivity contribution in [1.29, 1.82) is 0 Å². The number of nitrogens with two attached hydrogens (primary N) is 2. The van der Waals surface area contributed by atoms with Gasteiger partial charge < -0.3 is 42.3 Å². The lowest BCUT2D eigenvalue weighted by molar-refractivity contribution is -0.121. The van der Waals surface area contributed by atoms with Crippen LogP contribution in [-0.4, -0.2) is 76.3 Å². The monoisotopic (exact) mass is 1480 g/mol. The van der Waals surface area contributed by atoms with Crippen LogP contribution in [0.25, 0.3) is 21.8 Å². The Morgan fingerprint density at radius 2 is 0.972 bits per heavy atom. The molecule has 12 aromatic rings. The number of aromatic nitrogens is 2. The van der Waals surface area contributed by atoms with Crippen molar-refractivity contribution >= 4 is 86.2 Å². The topological polar surface area (TPSA) is 346 Å². The first-order valence-electron chi connectivity index (χ1n) is 34.0. The van der Waals surface area contributed by atoms with Crippen LogP contribution in [0.5, 0.6) is 5.75 Å². The summed E-state index contributed by atoms with van der Waals surface area (Å²) in [6.07, 6.45) is 4.41. The number of nitrogens with one attached hydrogen (secondary N) is 4. The van der Waals surface area contributed by atoms with Crippen molar-refractivity contribution in [3.05, 3.63) is 345 Å². The van der Waals surface area contributed by atoms with Crippen LogP contribution in [0.4, 0.5) is 11.4 Å². The Morgan fingerprint density at radius 3 is 1.43 bits per heavy atom. The number of fused-ring (bicyclic) bond motifs is 2. The van der Waals surface area contributed by atoms with Gasteiger partial charge in [-0.2, -0.15) is 17.7 Å². The molecule has 107 heavy (non-hydrogen) atoms. The maximum atomic E-state index is 11.9. The van der Waals surface area contributed by atoms with E-state index in [1.54, 1.807) is 48.7 Å². The summed E-state index contributed by atoms with van der Waals surface area (Å²) in [6.45, 7) is 13.5. The molecule has 0 fully saturated rings. The van der Waals surface area contributed by atoms with Crippen LogP contribution >= 0.6 is 12.6 Å². The molecule has 0 saturated carbocycles. The zero-order valence-electron chi connectivity index (χ0n) is 60.7. The number of hydrazone groups is 1. The molecular weight excluding hydrogens is 1390 g/mol. The summed E-state index contributed by atoms with van der Waals surface area (Å²) in [4.78, 5) is 52.0. The van der Waals surface area contributed by atoms with Crippen LogP contribution < -0.4 is 43.4 Å². The Hall–Kier alpha value is -11.7. The fraction of sp³-hybridized carbons (Fsp3) is 0.165. The third kappa shape index (κ3) is 32.9. The first kappa shape index (κ1) is 85.9. The van der Waals surface area contributed by atoms with E-state index < -0.39 is 22.0 Å². The molecule has 0 unspecified atom stereocenters. The lowest BCUT2D eigenvalue weighted by atomic mass is 10.1. The molecule has 1 amide bonds. The third-order valence-electron chi connectivity index (χ3n) is 15.6. The van der Waals surface area contributed by atoms with Gasteiger partial charge in [0.15, 0.2) is 6.29 Å². The molecule has 0 spiro atoms. The van der Waals surface area contributed by atoms with Crippen molar-refractivity contribution in [2.24, 2.45) is 16.1 Å². The van der Waals surface area contributed by atoms with Crippen LogP contribution in [0.15, 0.2) is 277 Å². The molecule has 0 aliphatic rings. The highest BCUT2D eigenvalue weighted by Gasteiger charge is 2.09. The van der Waals surface area contributed by atoms with E-state index in [9.17, 15) is 27.6 Å². The average molecular weight is 1480 g/mol. The van der Waals surface area contributed by atoms with Crippen molar-refractivity contribution in [2.75, 3.05) is 23.1 Å². The molecule has 0 bridgehead atoms. The minimum atomic E-state index is -3.67. The van der Waals surface area contributed by atoms with Gasteiger partial charge in [0.05, 0.1) is 51.3 Å². The van der Waals surface area contributed by atoms with Crippen molar-refractivity contribution in [3.63, 3.8) is 0 Å². The number of aldehydes is 1. The number of hydrogen-bond donors (Lipinski definition) is 11. The molecule has 14 N–H and O–H groups in total. The second-order valence-corrected chi connectivity index (χ2v) is 26.0. The number of amides is 1.